The van der Waals surface area contributed by atoms with Crippen LogP contribution in [0.4, 0.5) is 13.2 Å². The third-order valence-electron chi connectivity index (χ3n) is 5.26. The number of alkyl halides is 3. The molecule has 4 nitrogen and oxygen atoms in total. The summed E-state index contributed by atoms with van der Waals surface area (Å²) in [6, 6.07) is 11.2. The normalized spacial score (nSPS) is 13.9. The standard InChI is InChI=1S/C22H18F3NO3/c23-22(24,25)15-6-3-5-13(10-15)19-11-14-4-1-2-7-18(14)26(19)16-8-9-20(27)17(12-16)21(28)29/h3,5-6,8-12,27H,1-2,4,7H2,(H,28,29). The number of aromatic nitrogens is 1. The van der Waals surface area contributed by atoms with E-state index in [-0.39, 0.29) is 11.3 Å². The second-order valence-corrected chi connectivity index (χ2v) is 7.13. The first-order valence-electron chi connectivity index (χ1n) is 9.23. The zero-order valence-corrected chi connectivity index (χ0v) is 15.3. The van der Waals surface area contributed by atoms with Crippen LogP contribution in [0.3, 0.4) is 0 Å². The van der Waals surface area contributed by atoms with E-state index in [9.17, 15) is 28.2 Å². The number of hydrogen-bond acceptors (Lipinski definition) is 2. The lowest BCUT2D eigenvalue weighted by Gasteiger charge is -2.18. The highest BCUT2D eigenvalue weighted by molar-refractivity contribution is 5.91. The quantitative estimate of drug-likeness (QED) is 0.614. The van der Waals surface area contributed by atoms with Crippen LogP contribution in [-0.2, 0) is 19.0 Å². The Kier molecular flexibility index (Phi) is 4.61. The number of aromatic carboxylic acids is 1. The topological polar surface area (TPSA) is 62.5 Å². The Balaban J connectivity index is 1.95. The van der Waals surface area contributed by atoms with E-state index in [0.717, 1.165) is 49.1 Å². The van der Waals surface area contributed by atoms with E-state index in [1.54, 1.807) is 12.1 Å². The summed E-state index contributed by atoms with van der Waals surface area (Å²) in [6.45, 7) is 0. The second-order valence-electron chi connectivity index (χ2n) is 7.13. The van der Waals surface area contributed by atoms with Crippen molar-refractivity contribution in [3.63, 3.8) is 0 Å². The molecule has 0 radical (unpaired) electrons. The first-order valence-corrected chi connectivity index (χ1v) is 9.23. The number of nitrogens with zero attached hydrogens (tertiary/aromatic N) is 1. The molecule has 7 heteroatoms. The van der Waals surface area contributed by atoms with Gasteiger partial charge in [-0.3, -0.25) is 0 Å². The van der Waals surface area contributed by atoms with Crippen molar-refractivity contribution < 1.29 is 28.2 Å². The Morgan fingerprint density at radius 1 is 1.00 bits per heavy atom. The maximum absolute atomic E-state index is 13.2. The van der Waals surface area contributed by atoms with Crippen LogP contribution in [0, 0.1) is 0 Å². The SMILES string of the molecule is O=C(O)c1cc(-n2c(-c3cccc(C(F)(F)F)c3)cc3c2CCCC3)ccc1O. The van der Waals surface area contributed by atoms with Crippen molar-refractivity contribution in [3.05, 3.63) is 70.9 Å². The molecular weight excluding hydrogens is 383 g/mol. The number of phenols is 1. The van der Waals surface area contributed by atoms with Gasteiger partial charge in [-0.15, -0.1) is 0 Å². The van der Waals surface area contributed by atoms with Gasteiger partial charge in [0.25, 0.3) is 0 Å². The molecule has 0 fully saturated rings. The number of carboxylic acids is 1. The Hall–Kier alpha value is -3.22. The van der Waals surface area contributed by atoms with Gasteiger partial charge in [0.2, 0.25) is 0 Å². The Bertz CT molecular complexity index is 1100. The third-order valence-corrected chi connectivity index (χ3v) is 5.26. The Labute approximate surface area is 164 Å². The average molecular weight is 401 g/mol. The number of aryl methyl sites for hydroxylation is 1. The fourth-order valence-corrected chi connectivity index (χ4v) is 3.90. The fraction of sp³-hybridized carbons (Fsp3) is 0.227. The fourth-order valence-electron chi connectivity index (χ4n) is 3.90. The van der Waals surface area contributed by atoms with E-state index in [4.69, 9.17) is 0 Å². The van der Waals surface area contributed by atoms with E-state index in [1.807, 2.05) is 10.6 Å². The molecule has 3 aromatic rings. The highest BCUT2D eigenvalue weighted by atomic mass is 19.4. The summed E-state index contributed by atoms with van der Waals surface area (Å²) in [4.78, 5) is 11.4. The first-order chi connectivity index (χ1) is 13.8. The number of aromatic hydroxyl groups is 1. The van der Waals surface area contributed by atoms with Gasteiger partial charge >= 0.3 is 12.1 Å². The van der Waals surface area contributed by atoms with Gasteiger partial charge in [-0.1, -0.05) is 12.1 Å². The van der Waals surface area contributed by atoms with Gasteiger partial charge in [-0.25, -0.2) is 4.79 Å². The molecule has 0 spiro atoms. The minimum atomic E-state index is -4.46. The van der Waals surface area contributed by atoms with Crippen LogP contribution in [0.1, 0.15) is 40.0 Å². The van der Waals surface area contributed by atoms with Crippen molar-refractivity contribution in [1.29, 1.82) is 0 Å². The highest BCUT2D eigenvalue weighted by Crippen LogP contribution is 2.37. The molecule has 4 rings (SSSR count). The van der Waals surface area contributed by atoms with Gasteiger partial charge in [0, 0.05) is 11.4 Å². The first kappa shape index (κ1) is 19.1. The largest absolute Gasteiger partial charge is 0.507 e. The number of carbonyl (C=O) groups is 1. The molecule has 1 aliphatic rings. The van der Waals surface area contributed by atoms with Crippen LogP contribution in [0.15, 0.2) is 48.5 Å². The molecule has 0 unspecified atom stereocenters. The lowest BCUT2D eigenvalue weighted by molar-refractivity contribution is -0.137. The van der Waals surface area contributed by atoms with E-state index in [1.165, 1.54) is 18.2 Å². The Morgan fingerprint density at radius 2 is 1.76 bits per heavy atom. The summed E-state index contributed by atoms with van der Waals surface area (Å²) in [5.74, 6) is -1.63. The summed E-state index contributed by atoms with van der Waals surface area (Å²) in [6.07, 6.45) is -0.949. The molecular formula is C22H18F3NO3. The molecule has 0 saturated heterocycles. The molecule has 0 saturated carbocycles. The van der Waals surface area contributed by atoms with E-state index < -0.39 is 17.7 Å². The van der Waals surface area contributed by atoms with Crippen molar-refractivity contribution in [2.24, 2.45) is 0 Å². The molecule has 1 aliphatic carbocycles. The molecule has 1 aromatic heterocycles. The summed E-state index contributed by atoms with van der Waals surface area (Å²) >= 11 is 0. The minimum Gasteiger partial charge on any atom is -0.507 e. The van der Waals surface area contributed by atoms with E-state index in [0.29, 0.717) is 16.9 Å². The number of carboxylic acid groups (broad SMARTS) is 1. The molecule has 0 atom stereocenters. The zero-order chi connectivity index (χ0) is 20.8. The highest BCUT2D eigenvalue weighted by Gasteiger charge is 2.31. The van der Waals surface area contributed by atoms with Crippen LogP contribution in [0.5, 0.6) is 5.75 Å². The van der Waals surface area contributed by atoms with Crippen molar-refractivity contribution >= 4 is 5.97 Å². The number of benzene rings is 2. The maximum Gasteiger partial charge on any atom is 0.416 e. The van der Waals surface area contributed by atoms with Gasteiger partial charge in [-0.2, -0.15) is 13.2 Å². The molecule has 150 valence electrons. The summed E-state index contributed by atoms with van der Waals surface area (Å²) in [5.41, 5.74) is 2.49. The monoisotopic (exact) mass is 401 g/mol. The molecule has 0 aliphatic heterocycles. The third kappa shape index (κ3) is 3.48. The van der Waals surface area contributed by atoms with Gasteiger partial charge in [0.15, 0.2) is 0 Å². The molecule has 29 heavy (non-hydrogen) atoms. The van der Waals surface area contributed by atoms with Crippen molar-refractivity contribution in [3.8, 4) is 22.7 Å². The predicted molar refractivity (Wildman–Crippen MR) is 101 cm³/mol. The van der Waals surface area contributed by atoms with Gasteiger partial charge in [0.05, 0.1) is 11.3 Å². The summed E-state index contributed by atoms with van der Waals surface area (Å²) in [5, 5.41) is 19.2. The van der Waals surface area contributed by atoms with Crippen molar-refractivity contribution in [1.82, 2.24) is 4.57 Å². The van der Waals surface area contributed by atoms with Crippen LogP contribution >= 0.6 is 0 Å². The van der Waals surface area contributed by atoms with Crippen LogP contribution < -0.4 is 0 Å². The summed E-state index contributed by atoms with van der Waals surface area (Å²) < 4.78 is 41.5. The number of fused-ring (bicyclic) bond motifs is 1. The molecule has 1 heterocycles. The molecule has 0 bridgehead atoms. The lowest BCUT2D eigenvalue weighted by Crippen LogP contribution is -2.09. The Morgan fingerprint density at radius 3 is 2.48 bits per heavy atom. The zero-order valence-electron chi connectivity index (χ0n) is 15.3. The average Bonchev–Trinajstić information content (AvgIpc) is 3.07. The number of halogens is 3. The van der Waals surface area contributed by atoms with Gasteiger partial charge < -0.3 is 14.8 Å². The lowest BCUT2D eigenvalue weighted by atomic mass is 9.97. The van der Waals surface area contributed by atoms with Crippen LogP contribution in [-0.4, -0.2) is 20.7 Å². The second kappa shape index (κ2) is 6.99. The number of hydrogen-bond donors (Lipinski definition) is 2. The smallest absolute Gasteiger partial charge is 0.416 e. The van der Waals surface area contributed by atoms with Crippen molar-refractivity contribution in [2.75, 3.05) is 0 Å². The molecule has 0 amide bonds. The summed E-state index contributed by atoms with van der Waals surface area (Å²) in [7, 11) is 0. The van der Waals surface area contributed by atoms with Crippen LogP contribution in [0.25, 0.3) is 16.9 Å². The minimum absolute atomic E-state index is 0.254. The molecule has 2 aromatic carbocycles. The maximum atomic E-state index is 13.2. The molecule has 2 N–H and O–H groups in total. The van der Waals surface area contributed by atoms with Gasteiger partial charge in [0.1, 0.15) is 11.3 Å². The van der Waals surface area contributed by atoms with Crippen LogP contribution in [0.2, 0.25) is 0 Å². The number of rotatable bonds is 3. The van der Waals surface area contributed by atoms with E-state index in [2.05, 4.69) is 0 Å². The van der Waals surface area contributed by atoms with Crippen molar-refractivity contribution in [2.45, 2.75) is 31.9 Å². The predicted octanol–water partition coefficient (Wildman–Crippen LogP) is 5.45. The van der Waals surface area contributed by atoms with E-state index >= 15 is 0 Å². The van der Waals surface area contributed by atoms with Gasteiger partial charge in [-0.05, 0) is 73.2 Å².